The maximum Gasteiger partial charge on any atom is 0.266 e. The highest BCUT2D eigenvalue weighted by molar-refractivity contribution is 5.82. The van der Waals surface area contributed by atoms with Gasteiger partial charge in [0.05, 0.1) is 6.54 Å². The van der Waals surface area contributed by atoms with Crippen molar-refractivity contribution >= 4 is 5.78 Å². The van der Waals surface area contributed by atoms with E-state index in [0.717, 1.165) is 44.9 Å². The Morgan fingerprint density at radius 2 is 1.77 bits per heavy atom. The average molecular weight is 420 g/mol. The monoisotopic (exact) mass is 419 g/mol. The predicted octanol–water partition coefficient (Wildman–Crippen LogP) is 5.32. The molecule has 0 spiro atoms. The molecule has 1 N–H and O–H groups in total. The van der Waals surface area contributed by atoms with Crippen LogP contribution in [0.3, 0.4) is 0 Å². The van der Waals surface area contributed by atoms with Crippen molar-refractivity contribution in [2.75, 3.05) is 0 Å². The van der Waals surface area contributed by atoms with Crippen molar-refractivity contribution < 1.29 is 18.7 Å². The quantitative estimate of drug-likeness (QED) is 0.717. The smallest absolute Gasteiger partial charge is 0.266 e. The van der Waals surface area contributed by atoms with Gasteiger partial charge in [0.15, 0.2) is 5.78 Å². The highest BCUT2D eigenvalue weighted by Crippen LogP contribution is 2.64. The standard InChI is InChI=1S/C25H35F2NO2/c1-24-10-8-18-17-9-11-25(30,23(26)27)14-16(17)4-5-19(18)20(24)6-7-21(24)22(29)15-28-12-2-3-13-28/h2-3,12-13,16-21,23,30H,4-11,14-15H2,1H3/t16-,17-,18+,19+,20-,21+,24-,25+/m0/s1. The van der Waals surface area contributed by atoms with Crippen LogP contribution < -0.4 is 0 Å². The molecular formula is C25H35F2NO2. The normalized spacial score (nSPS) is 45.6. The van der Waals surface area contributed by atoms with Crippen LogP contribution in [0.2, 0.25) is 0 Å². The lowest BCUT2D eigenvalue weighted by atomic mass is 9.49. The molecule has 1 aromatic heterocycles. The summed E-state index contributed by atoms with van der Waals surface area (Å²) in [6, 6.07) is 3.94. The van der Waals surface area contributed by atoms with Crippen LogP contribution in [0.15, 0.2) is 24.5 Å². The van der Waals surface area contributed by atoms with E-state index in [1.165, 1.54) is 0 Å². The molecular weight excluding hydrogens is 384 g/mol. The number of carbonyl (C=O) groups excluding carboxylic acids is 1. The molecule has 166 valence electrons. The number of hydrogen-bond donors (Lipinski definition) is 1. The average Bonchev–Trinajstić information content (AvgIpc) is 3.34. The number of ketones is 1. The first-order valence-corrected chi connectivity index (χ1v) is 12.0. The minimum Gasteiger partial charge on any atom is -0.384 e. The third-order valence-electron chi connectivity index (χ3n) is 9.84. The highest BCUT2D eigenvalue weighted by atomic mass is 19.3. The summed E-state index contributed by atoms with van der Waals surface area (Å²) < 4.78 is 28.8. The summed E-state index contributed by atoms with van der Waals surface area (Å²) in [5.74, 6) is 3.08. The van der Waals surface area contributed by atoms with E-state index in [2.05, 4.69) is 6.92 Å². The summed E-state index contributed by atoms with van der Waals surface area (Å²) in [6.45, 7) is 2.84. The largest absolute Gasteiger partial charge is 0.384 e. The molecule has 4 fully saturated rings. The second-order valence-corrected chi connectivity index (χ2v) is 11.1. The van der Waals surface area contributed by atoms with Gasteiger partial charge >= 0.3 is 0 Å². The van der Waals surface area contributed by atoms with Crippen molar-refractivity contribution in [3.8, 4) is 0 Å². The second-order valence-electron chi connectivity index (χ2n) is 11.1. The molecule has 8 atom stereocenters. The lowest BCUT2D eigenvalue weighted by Crippen LogP contribution is -2.53. The molecule has 0 aromatic carbocycles. The zero-order valence-electron chi connectivity index (χ0n) is 18.0. The Morgan fingerprint density at radius 3 is 2.50 bits per heavy atom. The fraction of sp³-hybridized carbons (Fsp3) is 0.800. The summed E-state index contributed by atoms with van der Waals surface area (Å²) in [4.78, 5) is 13.2. The Kier molecular flexibility index (Phi) is 5.11. The molecule has 0 unspecified atom stereocenters. The third kappa shape index (κ3) is 3.18. The number of hydrogen-bond acceptors (Lipinski definition) is 2. The molecule has 3 nitrogen and oxygen atoms in total. The number of rotatable bonds is 4. The first-order chi connectivity index (χ1) is 14.3. The summed E-state index contributed by atoms with van der Waals surface area (Å²) in [6.07, 6.45) is 8.97. The van der Waals surface area contributed by atoms with Crippen LogP contribution in [0.4, 0.5) is 8.78 Å². The molecule has 0 radical (unpaired) electrons. The van der Waals surface area contributed by atoms with Crippen LogP contribution in [0, 0.1) is 40.9 Å². The van der Waals surface area contributed by atoms with Gasteiger partial charge in [0.25, 0.3) is 6.43 Å². The van der Waals surface area contributed by atoms with E-state index in [-0.39, 0.29) is 30.1 Å². The summed E-state index contributed by atoms with van der Waals surface area (Å²) >= 11 is 0. The van der Waals surface area contributed by atoms with Gasteiger partial charge in [0.2, 0.25) is 0 Å². The van der Waals surface area contributed by atoms with Gasteiger partial charge in [-0.25, -0.2) is 8.78 Å². The van der Waals surface area contributed by atoms with Crippen LogP contribution in [0.25, 0.3) is 0 Å². The number of aromatic nitrogens is 1. The first kappa shape index (κ1) is 20.7. The lowest BCUT2D eigenvalue weighted by Gasteiger charge is -2.57. The molecule has 4 saturated carbocycles. The van der Waals surface area contributed by atoms with Gasteiger partial charge in [0.1, 0.15) is 5.60 Å². The molecule has 0 saturated heterocycles. The molecule has 0 aliphatic heterocycles. The Labute approximate surface area is 178 Å². The molecule has 30 heavy (non-hydrogen) atoms. The first-order valence-electron chi connectivity index (χ1n) is 12.0. The Balaban J connectivity index is 1.30. The van der Waals surface area contributed by atoms with Crippen LogP contribution in [-0.4, -0.2) is 27.5 Å². The van der Waals surface area contributed by atoms with E-state index < -0.39 is 12.0 Å². The number of aliphatic hydroxyl groups is 1. The van der Waals surface area contributed by atoms with Gasteiger partial charge in [-0.05, 0) is 105 Å². The van der Waals surface area contributed by atoms with E-state index in [1.54, 1.807) is 0 Å². The fourth-order valence-electron chi connectivity index (χ4n) is 8.40. The molecule has 1 heterocycles. The van der Waals surface area contributed by atoms with Crippen molar-refractivity contribution in [3.63, 3.8) is 0 Å². The molecule has 5 heteroatoms. The third-order valence-corrected chi connectivity index (χ3v) is 9.84. The van der Waals surface area contributed by atoms with Crippen molar-refractivity contribution in [3.05, 3.63) is 24.5 Å². The zero-order valence-corrected chi connectivity index (χ0v) is 18.0. The van der Waals surface area contributed by atoms with E-state index in [1.807, 2.05) is 29.1 Å². The van der Waals surface area contributed by atoms with Crippen LogP contribution in [0.1, 0.15) is 64.7 Å². The van der Waals surface area contributed by atoms with Gasteiger partial charge in [0, 0.05) is 18.3 Å². The number of halogens is 2. The zero-order chi connectivity index (χ0) is 21.1. The van der Waals surface area contributed by atoms with Gasteiger partial charge in [-0.1, -0.05) is 6.92 Å². The number of fused-ring (bicyclic) bond motifs is 5. The maximum absolute atomic E-state index is 13.4. The second kappa shape index (κ2) is 7.43. The van der Waals surface area contributed by atoms with Crippen molar-refractivity contribution in [1.82, 2.24) is 4.57 Å². The summed E-state index contributed by atoms with van der Waals surface area (Å²) in [5, 5.41) is 10.4. The molecule has 0 bridgehead atoms. The fourth-order valence-corrected chi connectivity index (χ4v) is 8.40. The lowest BCUT2D eigenvalue weighted by molar-refractivity contribution is -0.160. The summed E-state index contributed by atoms with van der Waals surface area (Å²) in [5.41, 5.74) is -1.67. The molecule has 1 aromatic rings. The Hall–Kier alpha value is -1.23. The minimum atomic E-state index is -2.63. The number of alkyl halides is 2. The molecule has 4 aliphatic rings. The van der Waals surface area contributed by atoms with Crippen LogP contribution in [0.5, 0.6) is 0 Å². The maximum atomic E-state index is 13.4. The van der Waals surface area contributed by atoms with Gasteiger partial charge in [-0.3, -0.25) is 4.79 Å². The Bertz CT molecular complexity index is 780. The number of carbonyl (C=O) groups is 1. The van der Waals surface area contributed by atoms with Crippen LogP contribution in [-0.2, 0) is 11.3 Å². The predicted molar refractivity (Wildman–Crippen MR) is 111 cm³/mol. The van der Waals surface area contributed by atoms with Gasteiger partial charge in [-0.2, -0.15) is 0 Å². The molecule has 5 rings (SSSR count). The molecule has 0 amide bonds. The molecule has 4 aliphatic carbocycles. The number of Topliss-reactive ketones (excluding diaryl/α,β-unsaturated/α-hetero) is 1. The van der Waals surface area contributed by atoms with Gasteiger partial charge in [-0.15, -0.1) is 0 Å². The van der Waals surface area contributed by atoms with Crippen molar-refractivity contribution in [1.29, 1.82) is 0 Å². The Morgan fingerprint density at radius 1 is 1.03 bits per heavy atom. The van der Waals surface area contributed by atoms with E-state index >= 15 is 0 Å². The summed E-state index contributed by atoms with van der Waals surface area (Å²) in [7, 11) is 0. The topological polar surface area (TPSA) is 42.2 Å². The SMILES string of the molecule is C[C@]12CC[C@H]3[C@@H](CC[C@H]4C[C@@](O)(C(F)F)CC[C@@H]43)[C@@H]1CC[C@@H]2C(=O)Cn1cccc1. The van der Waals surface area contributed by atoms with E-state index in [9.17, 15) is 18.7 Å². The minimum absolute atomic E-state index is 0.0939. The van der Waals surface area contributed by atoms with E-state index in [0.29, 0.717) is 36.0 Å². The van der Waals surface area contributed by atoms with Gasteiger partial charge < -0.3 is 9.67 Å². The van der Waals surface area contributed by atoms with E-state index in [4.69, 9.17) is 0 Å². The highest BCUT2D eigenvalue weighted by Gasteiger charge is 2.59. The van der Waals surface area contributed by atoms with Crippen molar-refractivity contribution in [2.45, 2.75) is 83.3 Å². The van der Waals surface area contributed by atoms with Crippen molar-refractivity contribution in [2.24, 2.45) is 40.9 Å². The van der Waals surface area contributed by atoms with Crippen LogP contribution >= 0.6 is 0 Å². The number of nitrogens with zero attached hydrogens (tertiary/aromatic N) is 1.